The Morgan fingerprint density at radius 2 is 2.30 bits per heavy atom. The fourth-order valence-corrected chi connectivity index (χ4v) is 1.59. The smallest absolute Gasteiger partial charge is 0.0376 e. The molecule has 0 amide bonds. The maximum absolute atomic E-state index is 5.97. The van der Waals surface area contributed by atoms with Crippen LogP contribution in [0.2, 0.25) is 0 Å². The normalized spacial score (nSPS) is 33.2. The average Bonchev–Trinajstić information content (AvgIpc) is 1.81. The van der Waals surface area contributed by atoms with Crippen molar-refractivity contribution in [2.45, 2.75) is 25.8 Å². The van der Waals surface area contributed by atoms with Gasteiger partial charge in [0.15, 0.2) is 0 Å². The van der Waals surface area contributed by atoms with Gasteiger partial charge in [-0.15, -0.1) is 0 Å². The zero-order valence-corrected chi connectivity index (χ0v) is 8.47. The van der Waals surface area contributed by atoms with Crippen molar-refractivity contribution in [2.24, 2.45) is 5.73 Å². The highest BCUT2D eigenvalue weighted by Crippen LogP contribution is 2.27. The first kappa shape index (κ1) is 8.27. The summed E-state index contributed by atoms with van der Waals surface area (Å²) in [6.45, 7) is 4.16. The first-order valence-electron chi connectivity index (χ1n) is 3.36. The van der Waals surface area contributed by atoms with Gasteiger partial charge in [0.2, 0.25) is 0 Å². The molecule has 1 unspecified atom stereocenters. The summed E-state index contributed by atoms with van der Waals surface area (Å²) in [5.41, 5.74) is 7.14. The second-order valence-electron chi connectivity index (χ2n) is 3.04. The van der Waals surface area contributed by atoms with Crippen molar-refractivity contribution in [3.63, 3.8) is 0 Å². The molecule has 1 rings (SSSR count). The van der Waals surface area contributed by atoms with Crippen molar-refractivity contribution >= 4 is 22.6 Å². The molecule has 0 bridgehead atoms. The van der Waals surface area contributed by atoms with Crippen LogP contribution in [-0.2, 0) is 0 Å². The molecule has 1 atom stereocenters. The van der Waals surface area contributed by atoms with Gasteiger partial charge in [-0.25, -0.2) is 0 Å². The number of allylic oxidation sites excluding steroid dienone is 2. The number of nitrogens with two attached hydrogens (primary N) is 1. The predicted octanol–water partition coefficient (Wildman–Crippen LogP) is 2.37. The van der Waals surface area contributed by atoms with Gasteiger partial charge in [-0.3, -0.25) is 0 Å². The lowest BCUT2D eigenvalue weighted by Gasteiger charge is -2.27. The highest BCUT2D eigenvalue weighted by Gasteiger charge is 2.21. The van der Waals surface area contributed by atoms with Crippen LogP contribution < -0.4 is 5.73 Å². The summed E-state index contributed by atoms with van der Waals surface area (Å²) >= 11 is 2.32. The van der Waals surface area contributed by atoms with Crippen molar-refractivity contribution in [1.29, 1.82) is 0 Å². The van der Waals surface area contributed by atoms with Crippen LogP contribution in [0, 0.1) is 0 Å². The van der Waals surface area contributed by atoms with E-state index in [0.717, 1.165) is 6.42 Å². The Labute approximate surface area is 75.5 Å². The molecule has 0 aromatic heterocycles. The summed E-state index contributed by atoms with van der Waals surface area (Å²) < 4.78 is 1.30. The number of hydrogen-bond acceptors (Lipinski definition) is 1. The molecular weight excluding hydrogens is 237 g/mol. The second-order valence-corrected chi connectivity index (χ2v) is 4.28. The lowest BCUT2D eigenvalue weighted by molar-refractivity contribution is 0.551. The molecule has 2 heteroatoms. The largest absolute Gasteiger partial charge is 0.322 e. The van der Waals surface area contributed by atoms with Crippen LogP contribution in [0.25, 0.3) is 0 Å². The zero-order chi connectivity index (χ0) is 7.78. The van der Waals surface area contributed by atoms with E-state index >= 15 is 0 Å². The third-order valence-corrected chi connectivity index (χ3v) is 2.73. The van der Waals surface area contributed by atoms with Gasteiger partial charge in [-0.1, -0.05) is 11.6 Å². The Kier molecular flexibility index (Phi) is 2.20. The van der Waals surface area contributed by atoms with Gasteiger partial charge in [0.1, 0.15) is 0 Å². The second kappa shape index (κ2) is 2.66. The molecule has 1 aliphatic carbocycles. The quantitative estimate of drug-likeness (QED) is 0.655. The first-order chi connectivity index (χ1) is 4.52. The molecule has 0 fully saturated rings. The summed E-state index contributed by atoms with van der Waals surface area (Å²) in [5, 5.41) is 0. The van der Waals surface area contributed by atoms with Gasteiger partial charge >= 0.3 is 0 Å². The van der Waals surface area contributed by atoms with Crippen LogP contribution in [0.4, 0.5) is 0 Å². The maximum Gasteiger partial charge on any atom is 0.0376 e. The summed E-state index contributed by atoms with van der Waals surface area (Å²) in [6.07, 6.45) is 5.28. The molecule has 0 heterocycles. The zero-order valence-electron chi connectivity index (χ0n) is 6.32. The Morgan fingerprint density at radius 1 is 1.70 bits per heavy atom. The van der Waals surface area contributed by atoms with Crippen LogP contribution in [0.3, 0.4) is 0 Å². The summed E-state index contributed by atoms with van der Waals surface area (Å²) in [5.74, 6) is 0. The minimum atomic E-state index is -0.103. The average molecular weight is 249 g/mol. The van der Waals surface area contributed by atoms with E-state index < -0.39 is 0 Å². The van der Waals surface area contributed by atoms with E-state index in [1.54, 1.807) is 0 Å². The third kappa shape index (κ3) is 1.61. The minimum absolute atomic E-state index is 0.103. The SMILES string of the molecule is CC1=CC(I)=CCC1(C)N. The summed E-state index contributed by atoms with van der Waals surface area (Å²) in [7, 11) is 0. The minimum Gasteiger partial charge on any atom is -0.322 e. The first-order valence-corrected chi connectivity index (χ1v) is 4.43. The van der Waals surface area contributed by atoms with Crippen LogP contribution >= 0.6 is 22.6 Å². The molecular formula is C8H12IN. The van der Waals surface area contributed by atoms with Crippen molar-refractivity contribution in [3.8, 4) is 0 Å². The summed E-state index contributed by atoms with van der Waals surface area (Å²) in [6, 6.07) is 0. The highest BCUT2D eigenvalue weighted by atomic mass is 127. The molecule has 0 saturated carbocycles. The van der Waals surface area contributed by atoms with Gasteiger partial charge < -0.3 is 5.73 Å². The number of hydrogen-bond donors (Lipinski definition) is 1. The molecule has 0 aromatic carbocycles. The van der Waals surface area contributed by atoms with E-state index in [1.165, 1.54) is 9.15 Å². The Morgan fingerprint density at radius 3 is 2.70 bits per heavy atom. The lowest BCUT2D eigenvalue weighted by Crippen LogP contribution is -2.37. The van der Waals surface area contributed by atoms with E-state index in [4.69, 9.17) is 5.73 Å². The lowest BCUT2D eigenvalue weighted by atomic mass is 9.87. The molecule has 56 valence electrons. The number of halogens is 1. The number of rotatable bonds is 0. The van der Waals surface area contributed by atoms with E-state index in [0.29, 0.717) is 0 Å². The third-order valence-electron chi connectivity index (χ3n) is 1.98. The van der Waals surface area contributed by atoms with Gasteiger partial charge in [-0.2, -0.15) is 0 Å². The molecule has 1 nitrogen and oxygen atoms in total. The van der Waals surface area contributed by atoms with Crippen molar-refractivity contribution < 1.29 is 0 Å². The Bertz CT molecular complexity index is 201. The maximum atomic E-state index is 5.97. The molecule has 0 spiro atoms. The predicted molar refractivity (Wildman–Crippen MR) is 53.1 cm³/mol. The fourth-order valence-electron chi connectivity index (χ4n) is 0.901. The fraction of sp³-hybridized carbons (Fsp3) is 0.500. The Hall–Kier alpha value is 0.170. The van der Waals surface area contributed by atoms with Crippen LogP contribution in [-0.4, -0.2) is 5.54 Å². The molecule has 2 N–H and O–H groups in total. The van der Waals surface area contributed by atoms with Crippen LogP contribution in [0.5, 0.6) is 0 Å². The van der Waals surface area contributed by atoms with Gasteiger partial charge in [0.25, 0.3) is 0 Å². The van der Waals surface area contributed by atoms with E-state index in [2.05, 4.69) is 48.6 Å². The monoisotopic (exact) mass is 249 g/mol. The Balaban J connectivity index is 2.88. The molecule has 0 saturated heterocycles. The van der Waals surface area contributed by atoms with E-state index in [9.17, 15) is 0 Å². The van der Waals surface area contributed by atoms with E-state index in [1.807, 2.05) is 0 Å². The molecule has 0 aliphatic heterocycles. The standard InChI is InChI=1S/C8H12IN/c1-6-5-7(9)3-4-8(6,2)10/h3,5H,4,10H2,1-2H3. The molecule has 10 heavy (non-hydrogen) atoms. The molecule has 0 radical (unpaired) electrons. The molecule has 1 aliphatic rings. The van der Waals surface area contributed by atoms with Crippen molar-refractivity contribution in [1.82, 2.24) is 0 Å². The van der Waals surface area contributed by atoms with Crippen LogP contribution in [0.1, 0.15) is 20.3 Å². The topological polar surface area (TPSA) is 26.0 Å². The molecule has 0 aromatic rings. The van der Waals surface area contributed by atoms with Crippen molar-refractivity contribution in [3.05, 3.63) is 21.3 Å². The van der Waals surface area contributed by atoms with Gasteiger partial charge in [0.05, 0.1) is 0 Å². The summed E-state index contributed by atoms with van der Waals surface area (Å²) in [4.78, 5) is 0. The highest BCUT2D eigenvalue weighted by molar-refractivity contribution is 14.1. The van der Waals surface area contributed by atoms with Gasteiger partial charge in [0, 0.05) is 9.12 Å². The van der Waals surface area contributed by atoms with Crippen LogP contribution in [0.15, 0.2) is 21.3 Å². The van der Waals surface area contributed by atoms with Crippen molar-refractivity contribution in [2.75, 3.05) is 0 Å². The van der Waals surface area contributed by atoms with Gasteiger partial charge in [-0.05, 0) is 48.9 Å². The van der Waals surface area contributed by atoms with E-state index in [-0.39, 0.29) is 5.54 Å².